The van der Waals surface area contributed by atoms with Crippen LogP contribution in [0.5, 0.6) is 5.75 Å². The van der Waals surface area contributed by atoms with Crippen molar-refractivity contribution in [2.24, 2.45) is 0 Å². The van der Waals surface area contributed by atoms with E-state index in [0.717, 1.165) is 0 Å². The number of carbonyl (C=O) groups excluding carboxylic acids is 2. The minimum atomic E-state index is -0.665. The lowest BCUT2D eigenvalue weighted by Gasteiger charge is -2.20. The highest BCUT2D eigenvalue weighted by Crippen LogP contribution is 2.28. The van der Waals surface area contributed by atoms with E-state index in [4.69, 9.17) is 9.47 Å². The molecule has 1 amide bonds. The van der Waals surface area contributed by atoms with Gasteiger partial charge in [0.05, 0.1) is 12.8 Å². The highest BCUT2D eigenvalue weighted by molar-refractivity contribution is 9.10. The van der Waals surface area contributed by atoms with Crippen LogP contribution in [0.1, 0.15) is 31.3 Å². The number of hydrogen-bond donors (Lipinski definition) is 1. The average molecular weight is 331 g/mol. The van der Waals surface area contributed by atoms with Crippen LogP contribution in [-0.4, -0.2) is 30.1 Å². The van der Waals surface area contributed by atoms with Gasteiger partial charge in [-0.05, 0) is 36.7 Å². The van der Waals surface area contributed by atoms with Crippen molar-refractivity contribution in [3.05, 3.63) is 16.4 Å². The Morgan fingerprint density at radius 2 is 2.11 bits per heavy atom. The molecule has 7 heteroatoms. The summed E-state index contributed by atoms with van der Waals surface area (Å²) in [6.45, 7) is 5.23. The van der Waals surface area contributed by atoms with E-state index < -0.39 is 11.7 Å². The van der Waals surface area contributed by atoms with Crippen LogP contribution >= 0.6 is 15.9 Å². The zero-order valence-electron chi connectivity index (χ0n) is 11.1. The zero-order valence-corrected chi connectivity index (χ0v) is 12.7. The van der Waals surface area contributed by atoms with Gasteiger partial charge in [0.2, 0.25) is 0 Å². The summed E-state index contributed by atoms with van der Waals surface area (Å²) in [5, 5.41) is 2.46. The third-order valence-electron chi connectivity index (χ3n) is 1.94. The van der Waals surface area contributed by atoms with Crippen molar-refractivity contribution >= 4 is 34.0 Å². The molecule has 1 heterocycles. The Morgan fingerprint density at radius 1 is 1.47 bits per heavy atom. The molecule has 0 spiro atoms. The van der Waals surface area contributed by atoms with Gasteiger partial charge in [-0.1, -0.05) is 0 Å². The number of hydrogen-bond acceptors (Lipinski definition) is 5. The first-order valence-corrected chi connectivity index (χ1v) is 6.26. The van der Waals surface area contributed by atoms with Gasteiger partial charge in [-0.25, -0.2) is 9.78 Å². The van der Waals surface area contributed by atoms with Gasteiger partial charge in [0.1, 0.15) is 15.9 Å². The molecule has 0 fully saturated rings. The van der Waals surface area contributed by atoms with E-state index in [1.54, 1.807) is 20.8 Å². The summed E-state index contributed by atoms with van der Waals surface area (Å²) >= 11 is 3.16. The zero-order chi connectivity index (χ0) is 14.6. The second-order valence-corrected chi connectivity index (χ2v) is 5.41. The van der Waals surface area contributed by atoms with Crippen molar-refractivity contribution in [3.63, 3.8) is 0 Å². The van der Waals surface area contributed by atoms with Crippen LogP contribution in [0.2, 0.25) is 0 Å². The number of pyridine rings is 1. The fraction of sp³-hybridized carbons (Fsp3) is 0.417. The summed E-state index contributed by atoms with van der Waals surface area (Å²) in [5.41, 5.74) is -0.319. The second-order valence-electron chi connectivity index (χ2n) is 4.66. The highest BCUT2D eigenvalue weighted by atomic mass is 79.9. The van der Waals surface area contributed by atoms with Crippen molar-refractivity contribution in [1.82, 2.24) is 4.98 Å². The largest absolute Gasteiger partial charge is 0.494 e. The van der Waals surface area contributed by atoms with E-state index in [1.165, 1.54) is 13.2 Å². The predicted molar refractivity (Wildman–Crippen MR) is 73.7 cm³/mol. The minimum absolute atomic E-state index is 0.0820. The number of ether oxygens (including phenoxy) is 2. The molecule has 0 aromatic carbocycles. The van der Waals surface area contributed by atoms with Crippen molar-refractivity contribution in [3.8, 4) is 5.75 Å². The molecule has 1 aromatic heterocycles. The van der Waals surface area contributed by atoms with Gasteiger partial charge >= 0.3 is 6.09 Å². The van der Waals surface area contributed by atoms with Gasteiger partial charge in [-0.2, -0.15) is 0 Å². The number of aldehydes is 1. The lowest BCUT2D eigenvalue weighted by molar-refractivity contribution is 0.0636. The van der Waals surface area contributed by atoms with Crippen molar-refractivity contribution in [2.45, 2.75) is 26.4 Å². The molecule has 0 radical (unpaired) electrons. The molecule has 0 aliphatic heterocycles. The number of carbonyl (C=O) groups is 2. The smallest absolute Gasteiger partial charge is 0.412 e. The normalized spacial score (nSPS) is 10.8. The number of amides is 1. The standard InChI is InChI=1S/C12H15BrN2O4/c1-12(2,3)19-11(17)15-7-5-9(18-4)10(13)14-8(7)6-16/h5-6H,1-4H3,(H,15,17). The monoisotopic (exact) mass is 330 g/mol. The molecule has 104 valence electrons. The van der Waals surface area contributed by atoms with E-state index >= 15 is 0 Å². The van der Waals surface area contributed by atoms with Crippen molar-refractivity contribution < 1.29 is 19.1 Å². The number of nitrogens with one attached hydrogen (secondary N) is 1. The first-order valence-electron chi connectivity index (χ1n) is 5.46. The quantitative estimate of drug-likeness (QED) is 0.680. The number of rotatable bonds is 3. The van der Waals surface area contributed by atoms with Crippen LogP contribution in [0.3, 0.4) is 0 Å². The lowest BCUT2D eigenvalue weighted by atomic mass is 10.2. The summed E-state index contributed by atoms with van der Waals surface area (Å²) in [6, 6.07) is 1.49. The first-order chi connectivity index (χ1) is 8.76. The van der Waals surface area contributed by atoms with E-state index in [9.17, 15) is 9.59 Å². The molecule has 0 aliphatic carbocycles. The fourth-order valence-electron chi connectivity index (χ4n) is 1.23. The van der Waals surface area contributed by atoms with Crippen molar-refractivity contribution in [1.29, 1.82) is 0 Å². The molecule has 19 heavy (non-hydrogen) atoms. The molecular formula is C12H15BrN2O4. The number of nitrogens with zero attached hydrogens (tertiary/aromatic N) is 1. The molecule has 1 rings (SSSR count). The summed E-state index contributed by atoms with van der Waals surface area (Å²) in [7, 11) is 1.46. The van der Waals surface area contributed by atoms with Crippen LogP contribution < -0.4 is 10.1 Å². The molecule has 0 atom stereocenters. The minimum Gasteiger partial charge on any atom is -0.494 e. The average Bonchev–Trinajstić information content (AvgIpc) is 2.28. The molecule has 6 nitrogen and oxygen atoms in total. The number of anilines is 1. The highest BCUT2D eigenvalue weighted by Gasteiger charge is 2.18. The maximum Gasteiger partial charge on any atom is 0.412 e. The Balaban J connectivity index is 2.99. The maximum atomic E-state index is 11.7. The van der Waals surface area contributed by atoms with Gasteiger partial charge in [-0.15, -0.1) is 0 Å². The number of methoxy groups -OCH3 is 1. The topological polar surface area (TPSA) is 77.5 Å². The predicted octanol–water partition coefficient (Wildman–Crippen LogP) is 3.01. The Labute approximate surface area is 119 Å². The van der Waals surface area contributed by atoms with Gasteiger partial charge < -0.3 is 9.47 Å². The Hall–Kier alpha value is -1.63. The molecule has 0 unspecified atom stereocenters. The Morgan fingerprint density at radius 3 is 2.58 bits per heavy atom. The molecule has 0 aliphatic rings. The summed E-state index contributed by atoms with van der Waals surface area (Å²) in [4.78, 5) is 26.5. The molecule has 0 saturated carbocycles. The van der Waals surface area contributed by atoms with Crippen LogP contribution in [0.4, 0.5) is 10.5 Å². The molecule has 0 bridgehead atoms. The summed E-state index contributed by atoms with van der Waals surface area (Å²) in [6.07, 6.45) is -0.126. The third-order valence-corrected chi connectivity index (χ3v) is 2.51. The first kappa shape index (κ1) is 15.4. The number of halogens is 1. The van der Waals surface area contributed by atoms with E-state index in [-0.39, 0.29) is 11.4 Å². The van der Waals surface area contributed by atoms with Crippen LogP contribution in [0.15, 0.2) is 10.7 Å². The van der Waals surface area contributed by atoms with Crippen molar-refractivity contribution in [2.75, 3.05) is 12.4 Å². The third kappa shape index (κ3) is 4.51. The van der Waals surface area contributed by atoms with Crippen LogP contribution in [0, 0.1) is 0 Å². The SMILES string of the molecule is COc1cc(NC(=O)OC(C)(C)C)c(C=O)nc1Br. The second kappa shape index (κ2) is 6.01. The van der Waals surface area contributed by atoms with Gasteiger partial charge in [0.25, 0.3) is 0 Å². The lowest BCUT2D eigenvalue weighted by Crippen LogP contribution is -2.27. The van der Waals surface area contributed by atoms with Gasteiger partial charge in [0, 0.05) is 6.07 Å². The summed E-state index contributed by atoms with van der Waals surface area (Å²) in [5.74, 6) is 0.400. The van der Waals surface area contributed by atoms with E-state index in [0.29, 0.717) is 16.6 Å². The maximum absolute atomic E-state index is 11.7. The summed E-state index contributed by atoms with van der Waals surface area (Å²) < 4.78 is 10.5. The number of aromatic nitrogens is 1. The molecule has 1 N–H and O–H groups in total. The van der Waals surface area contributed by atoms with Crippen LogP contribution in [0.25, 0.3) is 0 Å². The molecule has 1 aromatic rings. The Kier molecular flexibility index (Phi) is 4.88. The molecular weight excluding hydrogens is 316 g/mol. The Bertz CT molecular complexity index is 497. The van der Waals surface area contributed by atoms with E-state index in [1.807, 2.05) is 0 Å². The van der Waals surface area contributed by atoms with Crippen LogP contribution in [-0.2, 0) is 4.74 Å². The van der Waals surface area contributed by atoms with Gasteiger partial charge in [-0.3, -0.25) is 10.1 Å². The molecule has 0 saturated heterocycles. The van der Waals surface area contributed by atoms with Gasteiger partial charge in [0.15, 0.2) is 12.0 Å². The fourth-order valence-corrected chi connectivity index (χ4v) is 1.70. The van der Waals surface area contributed by atoms with E-state index in [2.05, 4.69) is 26.2 Å².